The Morgan fingerprint density at radius 1 is 0.815 bits per heavy atom. The summed E-state index contributed by atoms with van der Waals surface area (Å²) >= 11 is 0. The van der Waals surface area contributed by atoms with Gasteiger partial charge in [0.1, 0.15) is 5.75 Å². The third kappa shape index (κ3) is 5.35. The summed E-state index contributed by atoms with van der Waals surface area (Å²) in [5.41, 5.74) is 3.24. The minimum Gasteiger partial charge on any atom is -0.492 e. The quantitative estimate of drug-likeness (QED) is 0.567. The van der Waals surface area contributed by atoms with Crippen LogP contribution >= 0.6 is 0 Å². The van der Waals surface area contributed by atoms with Crippen LogP contribution in [0.3, 0.4) is 0 Å². The molecule has 0 bridgehead atoms. The minimum absolute atomic E-state index is 0.182. The molecule has 0 spiro atoms. The van der Waals surface area contributed by atoms with Gasteiger partial charge in [0.2, 0.25) is 0 Å². The number of amides is 1. The van der Waals surface area contributed by atoms with E-state index in [0.717, 1.165) is 17.1 Å². The number of hydrogen-bond acceptors (Lipinski definition) is 3. The number of ether oxygens (including phenoxy) is 1. The lowest BCUT2D eigenvalue weighted by Gasteiger charge is -2.13. The second kappa shape index (κ2) is 8.90. The number of nitrogens with one attached hydrogen (secondary N) is 2. The van der Waals surface area contributed by atoms with E-state index in [4.69, 9.17) is 4.74 Å². The molecule has 3 rings (SSSR count). The summed E-state index contributed by atoms with van der Waals surface area (Å²) in [7, 11) is 0. The van der Waals surface area contributed by atoms with E-state index >= 15 is 0 Å². The van der Waals surface area contributed by atoms with E-state index in [-0.39, 0.29) is 5.91 Å². The molecule has 0 atom stereocenters. The highest BCUT2D eigenvalue weighted by molar-refractivity contribution is 6.06. The van der Waals surface area contributed by atoms with Gasteiger partial charge in [-0.15, -0.1) is 0 Å². The van der Waals surface area contributed by atoms with Crippen LogP contribution in [-0.4, -0.2) is 12.5 Å². The lowest BCUT2D eigenvalue weighted by Crippen LogP contribution is -2.15. The zero-order valence-corrected chi connectivity index (χ0v) is 15.6. The summed E-state index contributed by atoms with van der Waals surface area (Å²) in [4.78, 5) is 12.6. The molecule has 27 heavy (non-hydrogen) atoms. The van der Waals surface area contributed by atoms with Gasteiger partial charge in [-0.1, -0.05) is 44.2 Å². The van der Waals surface area contributed by atoms with Gasteiger partial charge < -0.3 is 15.4 Å². The predicted molar refractivity (Wildman–Crippen MR) is 111 cm³/mol. The average Bonchev–Trinajstić information content (AvgIpc) is 2.69. The Hall–Kier alpha value is -3.27. The Morgan fingerprint density at radius 3 is 2.11 bits per heavy atom. The second-order valence-electron chi connectivity index (χ2n) is 6.72. The van der Waals surface area contributed by atoms with Gasteiger partial charge in [-0.2, -0.15) is 0 Å². The zero-order chi connectivity index (χ0) is 19.1. The van der Waals surface area contributed by atoms with Crippen molar-refractivity contribution < 1.29 is 9.53 Å². The van der Waals surface area contributed by atoms with Crippen molar-refractivity contribution in [2.75, 3.05) is 17.2 Å². The van der Waals surface area contributed by atoms with E-state index in [0.29, 0.717) is 23.8 Å². The van der Waals surface area contributed by atoms with Crippen LogP contribution in [-0.2, 0) is 0 Å². The molecule has 0 saturated carbocycles. The molecule has 0 unspecified atom stereocenters. The maximum atomic E-state index is 12.6. The summed E-state index contributed by atoms with van der Waals surface area (Å²) in [5, 5.41) is 6.25. The molecule has 138 valence electrons. The van der Waals surface area contributed by atoms with Gasteiger partial charge in [-0.05, 0) is 54.4 Å². The number of benzene rings is 3. The minimum atomic E-state index is -0.182. The van der Waals surface area contributed by atoms with Crippen molar-refractivity contribution in [3.05, 3.63) is 84.4 Å². The molecule has 4 nitrogen and oxygen atoms in total. The summed E-state index contributed by atoms with van der Waals surface area (Å²) < 4.78 is 5.77. The van der Waals surface area contributed by atoms with Crippen LogP contribution in [0.15, 0.2) is 78.9 Å². The van der Waals surface area contributed by atoms with Crippen molar-refractivity contribution in [2.45, 2.75) is 13.8 Å². The fourth-order valence-corrected chi connectivity index (χ4v) is 2.56. The maximum absolute atomic E-state index is 12.6. The highest BCUT2D eigenvalue weighted by atomic mass is 16.5. The summed E-state index contributed by atoms with van der Waals surface area (Å²) in [5.74, 6) is 0.815. The molecule has 0 fully saturated rings. The molecule has 0 aromatic heterocycles. The molecular formula is C23H24N2O2. The van der Waals surface area contributed by atoms with E-state index in [1.54, 1.807) is 6.07 Å². The summed E-state index contributed by atoms with van der Waals surface area (Å²) in [6, 6.07) is 24.9. The molecular weight excluding hydrogens is 336 g/mol. The Labute approximate surface area is 160 Å². The average molecular weight is 360 g/mol. The lowest BCUT2D eigenvalue weighted by atomic mass is 10.1. The fourth-order valence-electron chi connectivity index (χ4n) is 2.56. The van der Waals surface area contributed by atoms with Crippen LogP contribution in [0, 0.1) is 5.92 Å². The molecule has 2 N–H and O–H groups in total. The lowest BCUT2D eigenvalue weighted by molar-refractivity contribution is 0.102. The van der Waals surface area contributed by atoms with E-state index in [1.165, 1.54) is 0 Å². The third-order valence-electron chi connectivity index (χ3n) is 3.91. The molecule has 0 aliphatic carbocycles. The number of para-hydroxylation sites is 2. The number of hydrogen-bond donors (Lipinski definition) is 2. The normalized spacial score (nSPS) is 10.5. The van der Waals surface area contributed by atoms with E-state index in [9.17, 15) is 4.79 Å². The smallest absolute Gasteiger partial charge is 0.259 e. The number of anilines is 3. The molecule has 0 heterocycles. The van der Waals surface area contributed by atoms with E-state index in [2.05, 4.69) is 24.5 Å². The Morgan fingerprint density at radius 2 is 1.41 bits per heavy atom. The predicted octanol–water partition coefficient (Wildman–Crippen LogP) is 5.72. The van der Waals surface area contributed by atoms with E-state index in [1.807, 2.05) is 72.8 Å². The van der Waals surface area contributed by atoms with Crippen LogP contribution in [0.5, 0.6) is 5.75 Å². The first kappa shape index (κ1) is 18.5. The first-order chi connectivity index (χ1) is 13.1. The zero-order valence-electron chi connectivity index (χ0n) is 15.6. The van der Waals surface area contributed by atoms with Crippen LogP contribution < -0.4 is 15.4 Å². The van der Waals surface area contributed by atoms with Gasteiger partial charge in [0.05, 0.1) is 12.2 Å². The second-order valence-corrected chi connectivity index (χ2v) is 6.72. The molecule has 0 aliphatic rings. The monoisotopic (exact) mass is 360 g/mol. The van der Waals surface area contributed by atoms with Crippen LogP contribution in [0.4, 0.5) is 17.1 Å². The van der Waals surface area contributed by atoms with Crippen molar-refractivity contribution in [3.8, 4) is 5.75 Å². The summed E-state index contributed by atoms with van der Waals surface area (Å²) in [6.07, 6.45) is 0. The van der Waals surface area contributed by atoms with Crippen molar-refractivity contribution in [1.29, 1.82) is 0 Å². The van der Waals surface area contributed by atoms with Gasteiger partial charge in [0.15, 0.2) is 0 Å². The van der Waals surface area contributed by atoms with Crippen molar-refractivity contribution >= 4 is 23.0 Å². The van der Waals surface area contributed by atoms with Gasteiger partial charge in [0, 0.05) is 17.1 Å². The van der Waals surface area contributed by atoms with Crippen LogP contribution in [0.2, 0.25) is 0 Å². The van der Waals surface area contributed by atoms with Crippen molar-refractivity contribution in [1.82, 2.24) is 0 Å². The van der Waals surface area contributed by atoms with E-state index < -0.39 is 0 Å². The van der Waals surface area contributed by atoms with Crippen molar-refractivity contribution in [3.63, 3.8) is 0 Å². The third-order valence-corrected chi connectivity index (χ3v) is 3.91. The van der Waals surface area contributed by atoms with Crippen molar-refractivity contribution in [2.24, 2.45) is 5.92 Å². The molecule has 3 aromatic rings. The fraction of sp³-hybridized carbons (Fsp3) is 0.174. The highest BCUT2D eigenvalue weighted by Gasteiger charge is 2.12. The largest absolute Gasteiger partial charge is 0.492 e. The first-order valence-electron chi connectivity index (χ1n) is 9.07. The molecule has 0 radical (unpaired) electrons. The molecule has 1 amide bonds. The standard InChI is InChI=1S/C23H24N2O2/c1-17(2)16-27-22-11-7-6-10-21(22)23(26)25-20-14-12-19(13-15-20)24-18-8-4-3-5-9-18/h3-15,17,24H,16H2,1-2H3,(H,25,26). The van der Waals surface area contributed by atoms with Gasteiger partial charge in [0.25, 0.3) is 5.91 Å². The molecule has 4 heteroatoms. The number of rotatable bonds is 7. The maximum Gasteiger partial charge on any atom is 0.259 e. The molecule has 3 aromatic carbocycles. The van der Waals surface area contributed by atoms with Crippen LogP contribution in [0.25, 0.3) is 0 Å². The Bertz CT molecular complexity index is 874. The first-order valence-corrected chi connectivity index (χ1v) is 9.07. The highest BCUT2D eigenvalue weighted by Crippen LogP contribution is 2.22. The van der Waals surface area contributed by atoms with Gasteiger partial charge >= 0.3 is 0 Å². The number of carbonyl (C=O) groups excluding carboxylic acids is 1. The SMILES string of the molecule is CC(C)COc1ccccc1C(=O)Nc1ccc(Nc2ccccc2)cc1. The topological polar surface area (TPSA) is 50.4 Å². The molecule has 0 saturated heterocycles. The van der Waals surface area contributed by atoms with Gasteiger partial charge in [-0.3, -0.25) is 4.79 Å². The Balaban J connectivity index is 1.66. The van der Waals surface area contributed by atoms with Crippen LogP contribution in [0.1, 0.15) is 24.2 Å². The molecule has 0 aliphatic heterocycles. The van der Waals surface area contributed by atoms with Gasteiger partial charge in [-0.25, -0.2) is 0 Å². The number of carbonyl (C=O) groups is 1. The Kier molecular flexibility index (Phi) is 6.10. The summed E-state index contributed by atoms with van der Waals surface area (Å²) in [6.45, 7) is 4.73.